The van der Waals surface area contributed by atoms with Crippen molar-refractivity contribution in [3.8, 4) is 0 Å². The van der Waals surface area contributed by atoms with Crippen molar-refractivity contribution in [1.29, 1.82) is 0 Å². The molecule has 0 atom stereocenters. The minimum absolute atomic E-state index is 0. The lowest BCUT2D eigenvalue weighted by Gasteiger charge is -2.08. The lowest BCUT2D eigenvalue weighted by Crippen LogP contribution is -2.28. The van der Waals surface area contributed by atoms with Crippen molar-refractivity contribution in [2.45, 2.75) is 20.8 Å². The molecule has 0 spiro atoms. The number of guanidine groups is 1. The molecule has 0 heterocycles. The van der Waals surface area contributed by atoms with Crippen molar-refractivity contribution in [1.82, 2.24) is 5.32 Å². The Bertz CT molecular complexity index is 440. The fourth-order valence-corrected chi connectivity index (χ4v) is 1.64. The second kappa shape index (κ2) is 8.73. The highest BCUT2D eigenvalue weighted by atomic mass is 127. The molecule has 0 aliphatic carbocycles. The maximum Gasteiger partial charge on any atom is 0.241 e. The number of aliphatic imine (C=N–C) groups is 1. The molecule has 0 saturated heterocycles. The van der Waals surface area contributed by atoms with Crippen LogP contribution in [0, 0.1) is 13.8 Å². The third-order valence-electron chi connectivity index (χ3n) is 2.26. The SMILES string of the molecule is CCNC(=O)CN=C(N)Nc1cc(C)cc(C)c1.I. The highest BCUT2D eigenvalue weighted by Crippen LogP contribution is 2.13. The summed E-state index contributed by atoms with van der Waals surface area (Å²) in [5.41, 5.74) is 8.88. The van der Waals surface area contributed by atoms with E-state index in [0.29, 0.717) is 6.54 Å². The molecule has 0 fully saturated rings. The van der Waals surface area contributed by atoms with Crippen LogP contribution >= 0.6 is 24.0 Å². The van der Waals surface area contributed by atoms with Crippen LogP contribution in [0.2, 0.25) is 0 Å². The molecular formula is C13H21IN4O. The summed E-state index contributed by atoms with van der Waals surface area (Å²) >= 11 is 0. The predicted molar refractivity (Wildman–Crippen MR) is 90.1 cm³/mol. The molecule has 0 saturated carbocycles. The molecule has 0 aliphatic rings. The van der Waals surface area contributed by atoms with Crippen molar-refractivity contribution < 1.29 is 4.79 Å². The Kier molecular flexibility index (Phi) is 8.13. The van der Waals surface area contributed by atoms with Gasteiger partial charge in [0.2, 0.25) is 5.91 Å². The van der Waals surface area contributed by atoms with Crippen molar-refractivity contribution in [2.24, 2.45) is 10.7 Å². The van der Waals surface area contributed by atoms with Gasteiger partial charge in [0.15, 0.2) is 5.96 Å². The van der Waals surface area contributed by atoms with E-state index in [9.17, 15) is 4.79 Å². The standard InChI is InChI=1S/C13H20N4O.HI/c1-4-15-12(18)8-16-13(14)17-11-6-9(2)5-10(3)7-11;/h5-7H,4,8H2,1-3H3,(H,15,18)(H3,14,16,17);1H. The van der Waals surface area contributed by atoms with Crippen LogP contribution < -0.4 is 16.4 Å². The summed E-state index contributed by atoms with van der Waals surface area (Å²) in [6.07, 6.45) is 0. The third-order valence-corrected chi connectivity index (χ3v) is 2.26. The van der Waals surface area contributed by atoms with E-state index in [2.05, 4.69) is 21.7 Å². The molecular weight excluding hydrogens is 355 g/mol. The number of carbonyl (C=O) groups excluding carboxylic acids is 1. The summed E-state index contributed by atoms with van der Waals surface area (Å²) in [4.78, 5) is 15.2. The number of halogens is 1. The van der Waals surface area contributed by atoms with Gasteiger partial charge in [-0.3, -0.25) is 4.79 Å². The summed E-state index contributed by atoms with van der Waals surface area (Å²) < 4.78 is 0. The second-order valence-electron chi connectivity index (χ2n) is 4.16. The first kappa shape index (κ1) is 17.7. The average Bonchev–Trinajstić information content (AvgIpc) is 2.25. The van der Waals surface area contributed by atoms with Crippen molar-refractivity contribution in [3.63, 3.8) is 0 Å². The van der Waals surface area contributed by atoms with Crippen LogP contribution in [0.5, 0.6) is 0 Å². The molecule has 6 heteroatoms. The number of likely N-dealkylation sites (N-methyl/N-ethyl adjacent to an activating group) is 1. The Labute approximate surface area is 131 Å². The highest BCUT2D eigenvalue weighted by Gasteiger charge is 2.00. The first-order chi connectivity index (χ1) is 8.51. The van der Waals surface area contributed by atoms with Crippen LogP contribution in [0.3, 0.4) is 0 Å². The Balaban J connectivity index is 0.00000324. The lowest BCUT2D eigenvalue weighted by atomic mass is 10.1. The van der Waals surface area contributed by atoms with Gasteiger partial charge in [0.25, 0.3) is 0 Å². The Hall–Kier alpha value is -1.31. The maximum absolute atomic E-state index is 11.2. The Morgan fingerprint density at radius 3 is 2.37 bits per heavy atom. The fraction of sp³-hybridized carbons (Fsp3) is 0.385. The summed E-state index contributed by atoms with van der Waals surface area (Å²) in [6, 6.07) is 6.02. The molecule has 1 rings (SSSR count). The number of nitrogens with one attached hydrogen (secondary N) is 2. The summed E-state index contributed by atoms with van der Waals surface area (Å²) in [6.45, 7) is 6.52. The number of nitrogens with zero attached hydrogens (tertiary/aromatic N) is 1. The third kappa shape index (κ3) is 7.00. The van der Waals surface area contributed by atoms with Crippen molar-refractivity contribution in [3.05, 3.63) is 29.3 Å². The van der Waals surface area contributed by atoms with E-state index < -0.39 is 0 Å². The minimum Gasteiger partial charge on any atom is -0.370 e. The van der Waals surface area contributed by atoms with E-state index in [0.717, 1.165) is 16.8 Å². The predicted octanol–water partition coefficient (Wildman–Crippen LogP) is 1.78. The van der Waals surface area contributed by atoms with Gasteiger partial charge in [0.05, 0.1) is 0 Å². The number of aryl methyl sites for hydroxylation is 2. The number of hydrogen-bond acceptors (Lipinski definition) is 2. The zero-order chi connectivity index (χ0) is 13.5. The van der Waals surface area contributed by atoms with Crippen molar-refractivity contribution >= 4 is 41.5 Å². The number of benzene rings is 1. The van der Waals surface area contributed by atoms with Crippen LogP contribution in [-0.4, -0.2) is 25.0 Å². The van der Waals surface area contributed by atoms with Crippen LogP contribution in [0.1, 0.15) is 18.1 Å². The zero-order valence-electron chi connectivity index (χ0n) is 11.5. The fourth-order valence-electron chi connectivity index (χ4n) is 1.64. The number of anilines is 1. The van der Waals surface area contributed by atoms with Gasteiger partial charge in [0.1, 0.15) is 6.54 Å². The van der Waals surface area contributed by atoms with Gasteiger partial charge < -0.3 is 16.4 Å². The van der Waals surface area contributed by atoms with Gasteiger partial charge in [-0.2, -0.15) is 0 Å². The number of carbonyl (C=O) groups is 1. The van der Waals surface area contributed by atoms with E-state index in [1.54, 1.807) is 0 Å². The van der Waals surface area contributed by atoms with Gasteiger partial charge in [-0.15, -0.1) is 24.0 Å². The quantitative estimate of drug-likeness (QED) is 0.426. The monoisotopic (exact) mass is 376 g/mol. The highest BCUT2D eigenvalue weighted by molar-refractivity contribution is 14.0. The molecule has 1 aromatic carbocycles. The average molecular weight is 376 g/mol. The van der Waals surface area contributed by atoms with E-state index in [4.69, 9.17) is 5.73 Å². The summed E-state index contributed by atoms with van der Waals surface area (Å²) in [7, 11) is 0. The topological polar surface area (TPSA) is 79.5 Å². The van der Waals surface area contributed by atoms with Crippen LogP contribution in [0.15, 0.2) is 23.2 Å². The molecule has 0 aliphatic heterocycles. The van der Waals surface area contributed by atoms with Gasteiger partial charge in [-0.05, 0) is 44.0 Å². The van der Waals surface area contributed by atoms with Crippen LogP contribution in [0.4, 0.5) is 5.69 Å². The molecule has 0 radical (unpaired) electrons. The number of rotatable bonds is 4. The molecule has 1 amide bonds. The largest absolute Gasteiger partial charge is 0.370 e. The molecule has 5 nitrogen and oxygen atoms in total. The minimum atomic E-state index is -0.136. The molecule has 1 aromatic rings. The maximum atomic E-state index is 11.2. The van der Waals surface area contributed by atoms with Gasteiger partial charge in [-0.25, -0.2) is 4.99 Å². The smallest absolute Gasteiger partial charge is 0.241 e. The Morgan fingerprint density at radius 1 is 1.26 bits per heavy atom. The van der Waals surface area contributed by atoms with Crippen LogP contribution in [0.25, 0.3) is 0 Å². The zero-order valence-corrected chi connectivity index (χ0v) is 13.8. The van der Waals surface area contributed by atoms with E-state index in [1.807, 2.05) is 32.9 Å². The number of hydrogen-bond donors (Lipinski definition) is 3. The summed E-state index contributed by atoms with van der Waals surface area (Å²) in [5.74, 6) is 0.105. The molecule has 19 heavy (non-hydrogen) atoms. The lowest BCUT2D eigenvalue weighted by molar-refractivity contribution is -0.119. The van der Waals surface area contributed by atoms with Gasteiger partial charge >= 0.3 is 0 Å². The molecule has 0 unspecified atom stereocenters. The van der Waals surface area contributed by atoms with E-state index >= 15 is 0 Å². The van der Waals surface area contributed by atoms with E-state index in [1.165, 1.54) is 0 Å². The first-order valence-corrected chi connectivity index (χ1v) is 5.93. The first-order valence-electron chi connectivity index (χ1n) is 5.93. The second-order valence-corrected chi connectivity index (χ2v) is 4.16. The Morgan fingerprint density at radius 2 is 1.84 bits per heavy atom. The molecule has 106 valence electrons. The molecule has 4 N–H and O–H groups in total. The number of amides is 1. The van der Waals surface area contributed by atoms with Crippen molar-refractivity contribution in [2.75, 3.05) is 18.4 Å². The van der Waals surface area contributed by atoms with Gasteiger partial charge in [-0.1, -0.05) is 6.07 Å². The summed E-state index contributed by atoms with van der Waals surface area (Å²) in [5, 5.41) is 5.62. The number of nitrogens with two attached hydrogens (primary N) is 1. The van der Waals surface area contributed by atoms with E-state index in [-0.39, 0.29) is 42.4 Å². The normalized spacial score (nSPS) is 10.6. The van der Waals surface area contributed by atoms with Gasteiger partial charge in [0, 0.05) is 12.2 Å². The molecule has 0 bridgehead atoms. The molecule has 0 aromatic heterocycles. The van der Waals surface area contributed by atoms with Crippen LogP contribution in [-0.2, 0) is 4.79 Å².